The van der Waals surface area contributed by atoms with E-state index in [2.05, 4.69) is 18.8 Å². The Morgan fingerprint density at radius 3 is 2.47 bits per heavy atom. The molecule has 1 unspecified atom stereocenters. The lowest BCUT2D eigenvalue weighted by Crippen LogP contribution is -2.28. The van der Waals surface area contributed by atoms with Crippen LogP contribution >= 0.6 is 11.3 Å². The maximum absolute atomic E-state index is 10.2. The first kappa shape index (κ1) is 13.0. The van der Waals surface area contributed by atoms with Crippen LogP contribution in [0.1, 0.15) is 44.5 Å². The van der Waals surface area contributed by atoms with E-state index in [0.717, 1.165) is 23.3 Å². The van der Waals surface area contributed by atoms with E-state index in [1.54, 1.807) is 11.3 Å². The van der Waals surface area contributed by atoms with Gasteiger partial charge >= 0.3 is 0 Å². The van der Waals surface area contributed by atoms with E-state index in [1.807, 2.05) is 11.6 Å². The average Bonchev–Trinajstić information content (AvgIpc) is 2.82. The number of aliphatic hydroxyl groups excluding tert-OH is 1. The van der Waals surface area contributed by atoms with E-state index in [4.69, 9.17) is 0 Å². The third-order valence-corrected chi connectivity index (χ3v) is 4.97. The minimum absolute atomic E-state index is 0.186. The SMILES string of the molecule is CC(C)C1CCC(C(O)Cc2nccs2)CC1. The zero-order valence-electron chi connectivity index (χ0n) is 10.8. The smallest absolute Gasteiger partial charge is 0.0950 e. The minimum Gasteiger partial charge on any atom is -0.392 e. The van der Waals surface area contributed by atoms with Gasteiger partial charge in [0.2, 0.25) is 0 Å². The number of aliphatic hydroxyl groups is 1. The maximum atomic E-state index is 10.2. The number of aromatic nitrogens is 1. The van der Waals surface area contributed by atoms with Crippen LogP contribution in [0.5, 0.6) is 0 Å². The number of hydrogen-bond acceptors (Lipinski definition) is 3. The van der Waals surface area contributed by atoms with Crippen molar-refractivity contribution in [1.29, 1.82) is 0 Å². The summed E-state index contributed by atoms with van der Waals surface area (Å²) in [5.74, 6) is 2.17. The Labute approximate surface area is 108 Å². The Morgan fingerprint density at radius 2 is 1.94 bits per heavy atom. The molecule has 1 fully saturated rings. The molecule has 0 spiro atoms. The molecule has 0 radical (unpaired) electrons. The van der Waals surface area contributed by atoms with Gasteiger partial charge in [-0.25, -0.2) is 4.98 Å². The normalized spacial score (nSPS) is 27.3. The molecule has 2 rings (SSSR count). The van der Waals surface area contributed by atoms with Crippen LogP contribution in [0.2, 0.25) is 0 Å². The van der Waals surface area contributed by atoms with Crippen molar-refractivity contribution in [2.45, 2.75) is 52.1 Å². The van der Waals surface area contributed by atoms with Gasteiger partial charge in [0.05, 0.1) is 11.1 Å². The molecular formula is C14H23NOS. The summed E-state index contributed by atoms with van der Waals surface area (Å²) in [7, 11) is 0. The summed E-state index contributed by atoms with van der Waals surface area (Å²) in [5, 5.41) is 13.3. The molecular weight excluding hydrogens is 230 g/mol. The van der Waals surface area contributed by atoms with Crippen LogP contribution in [-0.4, -0.2) is 16.2 Å². The van der Waals surface area contributed by atoms with E-state index in [0.29, 0.717) is 5.92 Å². The first-order chi connectivity index (χ1) is 8.16. The van der Waals surface area contributed by atoms with Gasteiger partial charge in [-0.05, 0) is 43.4 Å². The Kier molecular flexibility index (Phi) is 4.57. The summed E-state index contributed by atoms with van der Waals surface area (Å²) in [6.45, 7) is 4.63. The predicted molar refractivity (Wildman–Crippen MR) is 72.1 cm³/mol. The molecule has 1 heterocycles. The van der Waals surface area contributed by atoms with Crippen LogP contribution in [0.15, 0.2) is 11.6 Å². The summed E-state index contributed by atoms with van der Waals surface area (Å²) >= 11 is 1.65. The van der Waals surface area contributed by atoms with Gasteiger partial charge in [-0.1, -0.05) is 13.8 Å². The maximum Gasteiger partial charge on any atom is 0.0950 e. The van der Waals surface area contributed by atoms with E-state index >= 15 is 0 Å². The Bertz CT molecular complexity index is 315. The van der Waals surface area contributed by atoms with Crippen LogP contribution in [-0.2, 0) is 6.42 Å². The van der Waals surface area contributed by atoms with Gasteiger partial charge in [0.1, 0.15) is 0 Å². The Balaban J connectivity index is 1.80. The van der Waals surface area contributed by atoms with Crippen molar-refractivity contribution in [1.82, 2.24) is 4.98 Å². The lowest BCUT2D eigenvalue weighted by atomic mass is 9.75. The zero-order valence-corrected chi connectivity index (χ0v) is 11.6. The summed E-state index contributed by atoms with van der Waals surface area (Å²) in [6.07, 6.45) is 7.34. The van der Waals surface area contributed by atoms with Crippen molar-refractivity contribution in [3.05, 3.63) is 16.6 Å². The molecule has 2 nitrogen and oxygen atoms in total. The van der Waals surface area contributed by atoms with Crippen LogP contribution in [0.4, 0.5) is 0 Å². The highest BCUT2D eigenvalue weighted by atomic mass is 32.1. The molecule has 3 heteroatoms. The summed E-state index contributed by atoms with van der Waals surface area (Å²) < 4.78 is 0. The molecule has 1 aromatic rings. The van der Waals surface area contributed by atoms with Gasteiger partial charge in [0.15, 0.2) is 0 Å². The molecule has 0 aromatic carbocycles. The molecule has 0 aliphatic heterocycles. The number of rotatable bonds is 4. The second-order valence-corrected chi connectivity index (χ2v) is 6.60. The summed E-state index contributed by atoms with van der Waals surface area (Å²) in [6, 6.07) is 0. The fraction of sp³-hybridized carbons (Fsp3) is 0.786. The lowest BCUT2D eigenvalue weighted by Gasteiger charge is -2.33. The molecule has 1 N–H and O–H groups in total. The highest BCUT2D eigenvalue weighted by Crippen LogP contribution is 2.35. The van der Waals surface area contributed by atoms with Crippen LogP contribution in [0.3, 0.4) is 0 Å². The largest absolute Gasteiger partial charge is 0.392 e. The quantitative estimate of drug-likeness (QED) is 0.890. The van der Waals surface area contributed by atoms with Crippen LogP contribution in [0, 0.1) is 17.8 Å². The first-order valence-corrected chi connectivity index (χ1v) is 7.61. The standard InChI is InChI=1S/C14H23NOS/c1-10(2)11-3-5-12(6-4-11)13(16)9-14-15-7-8-17-14/h7-8,10-13,16H,3-6,9H2,1-2H3. The van der Waals surface area contributed by atoms with E-state index < -0.39 is 0 Å². The molecule has 1 aromatic heterocycles. The third-order valence-electron chi connectivity index (χ3n) is 4.17. The third kappa shape index (κ3) is 3.52. The Hall–Kier alpha value is -0.410. The van der Waals surface area contributed by atoms with E-state index in [9.17, 15) is 5.11 Å². The second-order valence-electron chi connectivity index (χ2n) is 5.62. The molecule has 1 aliphatic carbocycles. The number of hydrogen-bond donors (Lipinski definition) is 1. The first-order valence-electron chi connectivity index (χ1n) is 6.73. The van der Waals surface area contributed by atoms with Crippen LogP contribution < -0.4 is 0 Å². The van der Waals surface area contributed by atoms with E-state index in [1.165, 1.54) is 25.7 Å². The van der Waals surface area contributed by atoms with Crippen molar-refractivity contribution in [2.75, 3.05) is 0 Å². The van der Waals surface area contributed by atoms with Gasteiger partial charge in [0, 0.05) is 18.0 Å². The molecule has 17 heavy (non-hydrogen) atoms. The minimum atomic E-state index is -0.186. The van der Waals surface area contributed by atoms with Crippen LogP contribution in [0.25, 0.3) is 0 Å². The van der Waals surface area contributed by atoms with Gasteiger partial charge in [-0.15, -0.1) is 11.3 Å². The predicted octanol–water partition coefficient (Wildman–Crippen LogP) is 3.51. The fourth-order valence-electron chi connectivity index (χ4n) is 2.90. The van der Waals surface area contributed by atoms with Gasteiger partial charge in [0.25, 0.3) is 0 Å². The highest BCUT2D eigenvalue weighted by molar-refractivity contribution is 7.09. The molecule has 96 valence electrons. The topological polar surface area (TPSA) is 33.1 Å². The van der Waals surface area contributed by atoms with E-state index in [-0.39, 0.29) is 6.10 Å². The van der Waals surface area contributed by atoms with Crippen molar-refractivity contribution in [3.8, 4) is 0 Å². The molecule has 0 amide bonds. The zero-order chi connectivity index (χ0) is 12.3. The summed E-state index contributed by atoms with van der Waals surface area (Å²) in [4.78, 5) is 4.25. The molecule has 1 aliphatic rings. The Morgan fingerprint density at radius 1 is 1.29 bits per heavy atom. The van der Waals surface area contributed by atoms with Crippen molar-refractivity contribution in [2.24, 2.45) is 17.8 Å². The highest BCUT2D eigenvalue weighted by Gasteiger charge is 2.28. The van der Waals surface area contributed by atoms with Gasteiger partial charge < -0.3 is 5.11 Å². The summed E-state index contributed by atoms with van der Waals surface area (Å²) in [5.41, 5.74) is 0. The van der Waals surface area contributed by atoms with Crippen molar-refractivity contribution < 1.29 is 5.11 Å². The molecule has 0 bridgehead atoms. The van der Waals surface area contributed by atoms with Gasteiger partial charge in [-0.3, -0.25) is 0 Å². The number of nitrogens with zero attached hydrogens (tertiary/aromatic N) is 1. The monoisotopic (exact) mass is 253 g/mol. The van der Waals surface area contributed by atoms with Crippen molar-refractivity contribution >= 4 is 11.3 Å². The molecule has 0 saturated heterocycles. The fourth-order valence-corrected chi connectivity index (χ4v) is 3.56. The van der Waals surface area contributed by atoms with Crippen molar-refractivity contribution in [3.63, 3.8) is 0 Å². The molecule has 1 atom stereocenters. The molecule has 1 saturated carbocycles. The lowest BCUT2D eigenvalue weighted by molar-refractivity contribution is 0.0674. The van der Waals surface area contributed by atoms with Gasteiger partial charge in [-0.2, -0.15) is 0 Å². The average molecular weight is 253 g/mol. The second kappa shape index (κ2) is 5.96. The number of thiazole rings is 1.